The molecule has 0 fully saturated rings. The van der Waals surface area contributed by atoms with Crippen molar-refractivity contribution in [3.8, 4) is 0 Å². The first-order valence-corrected chi connectivity index (χ1v) is 3.85. The molecule has 0 spiro atoms. The largest absolute Gasteiger partial charge is 0.621 e. The first kappa shape index (κ1) is 8.10. The molecule has 1 atom stereocenters. The van der Waals surface area contributed by atoms with Gasteiger partial charge in [-0.25, -0.2) is 4.79 Å². The summed E-state index contributed by atoms with van der Waals surface area (Å²) in [6.07, 6.45) is 0. The molecule has 66 valence electrons. The molecule has 0 saturated heterocycles. The molecule has 13 heavy (non-hydrogen) atoms. The second-order valence-corrected chi connectivity index (χ2v) is 3.04. The fourth-order valence-electron chi connectivity index (χ4n) is 1.39. The van der Waals surface area contributed by atoms with E-state index in [0.717, 1.165) is 5.56 Å². The molecule has 0 saturated carbocycles. The Hall–Kier alpha value is -1.52. The lowest BCUT2D eigenvalue weighted by Crippen LogP contribution is -3.04. The van der Waals surface area contributed by atoms with E-state index in [1.54, 1.807) is 19.1 Å². The molecule has 0 bridgehead atoms. The summed E-state index contributed by atoms with van der Waals surface area (Å²) in [5.41, 5.74) is 1.35. The Labute approximate surface area is 74.4 Å². The number of carbonyl (C=O) groups is 2. The number of Topliss-reactive ketones (excluding diaryl/α,β-unsaturated/α-hetero) is 1. The lowest BCUT2D eigenvalue weighted by Gasteiger charge is -2.10. The van der Waals surface area contributed by atoms with E-state index in [0.29, 0.717) is 0 Å². The van der Waals surface area contributed by atoms with E-state index in [9.17, 15) is 14.8 Å². The normalized spacial score (nSPS) is 20.6. The van der Waals surface area contributed by atoms with Crippen molar-refractivity contribution in [3.05, 3.63) is 34.5 Å². The lowest BCUT2D eigenvalue weighted by atomic mass is 10.1. The quantitative estimate of drug-likeness (QED) is 0.438. The maximum Gasteiger partial charge on any atom is 0.390 e. The highest BCUT2D eigenvalue weighted by molar-refractivity contribution is 6.43. The Kier molecular flexibility index (Phi) is 1.55. The van der Waals surface area contributed by atoms with Crippen LogP contribution in [0.5, 0.6) is 0 Å². The monoisotopic (exact) mass is 177 g/mol. The summed E-state index contributed by atoms with van der Waals surface area (Å²) < 4.78 is 0. The predicted octanol–water partition coefficient (Wildman–Crippen LogP) is -0.268. The Morgan fingerprint density at radius 3 is 2.69 bits per heavy atom. The molecule has 0 aliphatic carbocycles. The molecule has 1 aromatic rings. The SMILES string of the molecule is Cc1ccc2c(c1)C(=O)C(=O)[NH+]2[O-]. The van der Waals surface area contributed by atoms with Gasteiger partial charge in [0.2, 0.25) is 0 Å². The van der Waals surface area contributed by atoms with Gasteiger partial charge in [-0.2, -0.15) is 0 Å². The number of benzene rings is 1. The van der Waals surface area contributed by atoms with Crippen LogP contribution in [0.3, 0.4) is 0 Å². The highest BCUT2D eigenvalue weighted by Crippen LogP contribution is 2.17. The first-order chi connectivity index (χ1) is 6.11. The minimum atomic E-state index is -0.916. The summed E-state index contributed by atoms with van der Waals surface area (Å²) >= 11 is 0. The van der Waals surface area contributed by atoms with Gasteiger partial charge < -0.3 is 5.21 Å². The van der Waals surface area contributed by atoms with Gasteiger partial charge in [-0.15, -0.1) is 0 Å². The molecule has 0 aromatic heterocycles. The maximum absolute atomic E-state index is 11.2. The van der Waals surface area contributed by atoms with Gasteiger partial charge >= 0.3 is 5.91 Å². The van der Waals surface area contributed by atoms with Crippen molar-refractivity contribution in [2.24, 2.45) is 0 Å². The minimum Gasteiger partial charge on any atom is -0.621 e. The summed E-state index contributed by atoms with van der Waals surface area (Å²) in [5, 5.41) is 10.5. The molecule has 1 unspecified atom stereocenters. The topological polar surface area (TPSA) is 61.6 Å². The number of hydroxylamine groups is 1. The lowest BCUT2D eigenvalue weighted by molar-refractivity contribution is -0.680. The Morgan fingerprint density at radius 1 is 1.31 bits per heavy atom. The number of fused-ring (bicyclic) bond motifs is 1. The number of amides is 1. The Morgan fingerprint density at radius 2 is 2.00 bits per heavy atom. The average Bonchev–Trinajstić information content (AvgIpc) is 2.32. The zero-order chi connectivity index (χ0) is 9.59. The molecule has 1 aliphatic rings. The van der Waals surface area contributed by atoms with Crippen LogP contribution in [0.1, 0.15) is 15.9 Å². The van der Waals surface area contributed by atoms with E-state index in [1.807, 2.05) is 0 Å². The minimum absolute atomic E-state index is 0.237. The van der Waals surface area contributed by atoms with Gasteiger partial charge in [0.25, 0.3) is 5.78 Å². The standard InChI is InChI=1S/C9H7NO3/c1-5-2-3-7-6(4-5)8(11)9(12)10(7)13/h2-4,10H,1H3. The molecule has 4 nitrogen and oxygen atoms in total. The fourth-order valence-corrected chi connectivity index (χ4v) is 1.39. The van der Waals surface area contributed by atoms with Crippen molar-refractivity contribution in [3.63, 3.8) is 0 Å². The van der Waals surface area contributed by atoms with Crippen LogP contribution in [-0.4, -0.2) is 11.7 Å². The second kappa shape index (κ2) is 2.48. The third-order valence-corrected chi connectivity index (χ3v) is 2.08. The molecule has 0 radical (unpaired) electrons. The van der Waals surface area contributed by atoms with Gasteiger partial charge in [0.1, 0.15) is 0 Å². The van der Waals surface area contributed by atoms with E-state index in [1.165, 1.54) is 6.07 Å². The number of ketones is 1. The summed E-state index contributed by atoms with van der Waals surface area (Å²) in [6, 6.07) is 4.80. The summed E-state index contributed by atoms with van der Waals surface area (Å²) in [5.74, 6) is -1.59. The number of carbonyl (C=O) groups excluding carboxylic acids is 2. The highest BCUT2D eigenvalue weighted by atomic mass is 16.5. The molecule has 1 amide bonds. The van der Waals surface area contributed by atoms with Crippen LogP contribution in [0, 0.1) is 12.1 Å². The van der Waals surface area contributed by atoms with Crippen LogP contribution in [0.2, 0.25) is 0 Å². The smallest absolute Gasteiger partial charge is 0.390 e. The predicted molar refractivity (Wildman–Crippen MR) is 44.5 cm³/mol. The number of aryl methyl sites for hydroxylation is 1. The number of nitrogens with one attached hydrogen (secondary N) is 1. The van der Waals surface area contributed by atoms with Crippen LogP contribution in [0.15, 0.2) is 18.2 Å². The second-order valence-electron chi connectivity index (χ2n) is 3.04. The van der Waals surface area contributed by atoms with Crippen molar-refractivity contribution in [1.82, 2.24) is 0 Å². The van der Waals surface area contributed by atoms with Crippen molar-refractivity contribution in [2.45, 2.75) is 6.92 Å². The summed E-state index contributed by atoms with van der Waals surface area (Å²) in [6.45, 7) is 1.81. The average molecular weight is 177 g/mol. The number of rotatable bonds is 0. The molecule has 1 aliphatic heterocycles. The van der Waals surface area contributed by atoms with Crippen molar-refractivity contribution < 1.29 is 14.7 Å². The van der Waals surface area contributed by atoms with Gasteiger partial charge in [0.15, 0.2) is 5.69 Å². The van der Waals surface area contributed by atoms with E-state index in [-0.39, 0.29) is 11.3 Å². The number of quaternary nitrogens is 1. The maximum atomic E-state index is 11.2. The van der Waals surface area contributed by atoms with Gasteiger partial charge in [0.05, 0.1) is 5.56 Å². The third kappa shape index (κ3) is 0.998. The van der Waals surface area contributed by atoms with Gasteiger partial charge in [-0.05, 0) is 18.6 Å². The molecule has 1 heterocycles. The third-order valence-electron chi connectivity index (χ3n) is 2.08. The van der Waals surface area contributed by atoms with E-state index >= 15 is 0 Å². The van der Waals surface area contributed by atoms with Crippen LogP contribution >= 0.6 is 0 Å². The first-order valence-electron chi connectivity index (χ1n) is 3.85. The molecular weight excluding hydrogens is 170 g/mol. The fraction of sp³-hybridized carbons (Fsp3) is 0.111. The van der Waals surface area contributed by atoms with Crippen LogP contribution in [-0.2, 0) is 4.79 Å². The van der Waals surface area contributed by atoms with Crippen molar-refractivity contribution in [1.29, 1.82) is 0 Å². The van der Waals surface area contributed by atoms with Crippen LogP contribution in [0.25, 0.3) is 0 Å². The highest BCUT2D eigenvalue weighted by Gasteiger charge is 2.37. The molecule has 1 N–H and O–H groups in total. The molecule has 2 rings (SSSR count). The molecular formula is C9H7NO3. The summed E-state index contributed by atoms with van der Waals surface area (Å²) in [4.78, 5) is 22.2. The van der Waals surface area contributed by atoms with Gasteiger partial charge in [0, 0.05) is 6.07 Å². The zero-order valence-corrected chi connectivity index (χ0v) is 6.96. The van der Waals surface area contributed by atoms with Crippen LogP contribution < -0.4 is 5.06 Å². The Bertz CT molecular complexity index is 411. The zero-order valence-electron chi connectivity index (χ0n) is 6.96. The van der Waals surface area contributed by atoms with Crippen LogP contribution in [0.4, 0.5) is 5.69 Å². The van der Waals surface area contributed by atoms with Crippen molar-refractivity contribution in [2.75, 3.05) is 0 Å². The van der Waals surface area contributed by atoms with Crippen molar-refractivity contribution >= 4 is 17.4 Å². The van der Waals surface area contributed by atoms with Gasteiger partial charge in [-0.1, -0.05) is 6.07 Å². The molecule has 4 heteroatoms. The molecule has 1 aromatic carbocycles. The van der Waals surface area contributed by atoms with E-state index in [4.69, 9.17) is 0 Å². The number of hydrogen-bond acceptors (Lipinski definition) is 3. The van der Waals surface area contributed by atoms with E-state index < -0.39 is 16.8 Å². The van der Waals surface area contributed by atoms with Gasteiger partial charge in [-0.3, -0.25) is 9.86 Å². The summed E-state index contributed by atoms with van der Waals surface area (Å²) in [7, 11) is 0. The number of hydrogen-bond donors (Lipinski definition) is 1. The van der Waals surface area contributed by atoms with E-state index in [2.05, 4.69) is 0 Å². The Balaban J connectivity index is 2.67.